The molecule has 5 nitrogen and oxygen atoms in total. The van der Waals surface area contributed by atoms with E-state index >= 15 is 0 Å². The van der Waals surface area contributed by atoms with Gasteiger partial charge in [-0.05, 0) is 18.6 Å². The molecule has 3 aromatic rings. The number of rotatable bonds is 4. The molecule has 0 aliphatic carbocycles. The van der Waals surface area contributed by atoms with Crippen LogP contribution in [0.25, 0.3) is 22.4 Å². The highest BCUT2D eigenvalue weighted by Gasteiger charge is 2.16. The van der Waals surface area contributed by atoms with Gasteiger partial charge in [0, 0.05) is 17.1 Å². The molecule has 0 bridgehead atoms. The lowest BCUT2D eigenvalue weighted by Gasteiger charge is -2.05. The number of nitrogens with one attached hydrogen (secondary N) is 1. The highest BCUT2D eigenvalue weighted by Crippen LogP contribution is 2.32. The zero-order valence-corrected chi connectivity index (χ0v) is 11.7. The molecule has 2 heterocycles. The van der Waals surface area contributed by atoms with E-state index in [1.165, 1.54) is 6.33 Å². The van der Waals surface area contributed by atoms with Crippen molar-refractivity contribution in [3.05, 3.63) is 35.6 Å². The van der Waals surface area contributed by atoms with E-state index in [2.05, 4.69) is 27.4 Å². The normalized spacial score (nSPS) is 10.9. The summed E-state index contributed by atoms with van der Waals surface area (Å²) in [5, 5.41) is 8.80. The van der Waals surface area contributed by atoms with E-state index in [9.17, 15) is 0 Å². The van der Waals surface area contributed by atoms with Gasteiger partial charge in [0.1, 0.15) is 23.2 Å². The third-order valence-corrected chi connectivity index (χ3v) is 3.15. The average Bonchev–Trinajstić information content (AvgIpc) is 2.89. The maximum atomic E-state index is 6.03. The first-order chi connectivity index (χ1) is 9.79. The molecule has 0 unspecified atom stereocenters. The highest BCUT2D eigenvalue weighted by atomic mass is 35.5. The molecule has 0 aliphatic rings. The van der Waals surface area contributed by atoms with Crippen LogP contribution in [0.2, 0.25) is 5.02 Å². The van der Waals surface area contributed by atoms with Gasteiger partial charge >= 0.3 is 0 Å². The van der Waals surface area contributed by atoms with Gasteiger partial charge < -0.3 is 9.84 Å². The average molecular weight is 289 g/mol. The Morgan fingerprint density at radius 2 is 2.20 bits per heavy atom. The zero-order chi connectivity index (χ0) is 13.9. The highest BCUT2D eigenvalue weighted by molar-refractivity contribution is 6.30. The molecule has 1 N–H and O–H groups in total. The Hall–Kier alpha value is -2.14. The van der Waals surface area contributed by atoms with Crippen molar-refractivity contribution in [2.45, 2.75) is 13.3 Å². The van der Waals surface area contributed by atoms with Gasteiger partial charge in [-0.2, -0.15) is 4.98 Å². The number of hydrogen-bond acceptors (Lipinski definition) is 5. The van der Waals surface area contributed by atoms with Crippen LogP contribution in [0.4, 0.5) is 5.82 Å². The lowest BCUT2D eigenvalue weighted by molar-refractivity contribution is 0.451. The van der Waals surface area contributed by atoms with Crippen molar-refractivity contribution >= 4 is 28.5 Å². The van der Waals surface area contributed by atoms with Gasteiger partial charge in [-0.3, -0.25) is 0 Å². The van der Waals surface area contributed by atoms with Gasteiger partial charge in [0.2, 0.25) is 0 Å². The summed E-state index contributed by atoms with van der Waals surface area (Å²) in [6.07, 6.45) is 2.47. The Labute approximate surface area is 121 Å². The maximum Gasteiger partial charge on any atom is 0.263 e. The van der Waals surface area contributed by atoms with Gasteiger partial charge in [-0.1, -0.05) is 35.8 Å². The van der Waals surface area contributed by atoms with Gasteiger partial charge in [0.25, 0.3) is 5.71 Å². The van der Waals surface area contributed by atoms with Crippen LogP contribution in [0.3, 0.4) is 0 Å². The molecule has 0 spiro atoms. The monoisotopic (exact) mass is 288 g/mol. The van der Waals surface area contributed by atoms with Crippen molar-refractivity contribution in [2.24, 2.45) is 0 Å². The van der Waals surface area contributed by atoms with E-state index in [-0.39, 0.29) is 0 Å². The van der Waals surface area contributed by atoms with E-state index < -0.39 is 0 Å². The third-order valence-electron chi connectivity index (χ3n) is 2.91. The Kier molecular flexibility index (Phi) is 3.52. The van der Waals surface area contributed by atoms with Gasteiger partial charge in [0.15, 0.2) is 0 Å². The predicted molar refractivity (Wildman–Crippen MR) is 78.8 cm³/mol. The first-order valence-electron chi connectivity index (χ1n) is 6.39. The van der Waals surface area contributed by atoms with Crippen LogP contribution in [0.15, 0.2) is 35.1 Å². The Bertz CT molecular complexity index is 741. The number of aromatic nitrogens is 3. The molecule has 0 radical (unpaired) electrons. The molecule has 2 aromatic heterocycles. The van der Waals surface area contributed by atoms with Crippen LogP contribution in [0, 0.1) is 0 Å². The fraction of sp³-hybridized carbons (Fsp3) is 0.214. The van der Waals surface area contributed by atoms with E-state index in [4.69, 9.17) is 16.1 Å². The molecule has 0 atom stereocenters. The summed E-state index contributed by atoms with van der Waals surface area (Å²) in [5.41, 5.74) is 2.04. The fourth-order valence-electron chi connectivity index (χ4n) is 2.00. The van der Waals surface area contributed by atoms with Crippen molar-refractivity contribution in [1.29, 1.82) is 0 Å². The van der Waals surface area contributed by atoms with Crippen LogP contribution in [-0.4, -0.2) is 21.7 Å². The molecule has 0 saturated heterocycles. The molecule has 0 fully saturated rings. The van der Waals surface area contributed by atoms with E-state index in [1.807, 2.05) is 24.3 Å². The van der Waals surface area contributed by atoms with Crippen molar-refractivity contribution in [3.63, 3.8) is 0 Å². The van der Waals surface area contributed by atoms with Gasteiger partial charge in [-0.25, -0.2) is 4.98 Å². The number of fused-ring (bicyclic) bond motifs is 1. The van der Waals surface area contributed by atoms with E-state index in [1.54, 1.807) is 0 Å². The first-order valence-corrected chi connectivity index (χ1v) is 6.77. The number of nitrogens with zero attached hydrogens (tertiary/aromatic N) is 3. The van der Waals surface area contributed by atoms with Crippen molar-refractivity contribution in [3.8, 4) is 11.3 Å². The third kappa shape index (κ3) is 2.32. The molecule has 0 aliphatic heterocycles. The van der Waals surface area contributed by atoms with Crippen LogP contribution in [-0.2, 0) is 0 Å². The van der Waals surface area contributed by atoms with Crippen LogP contribution in [0.1, 0.15) is 13.3 Å². The largest absolute Gasteiger partial charge is 0.369 e. The molecule has 102 valence electrons. The quantitative estimate of drug-likeness (QED) is 0.792. The smallest absolute Gasteiger partial charge is 0.263 e. The molecule has 0 saturated carbocycles. The van der Waals surface area contributed by atoms with Gasteiger partial charge in [-0.15, -0.1) is 0 Å². The summed E-state index contributed by atoms with van der Waals surface area (Å²) < 4.78 is 5.28. The summed E-state index contributed by atoms with van der Waals surface area (Å²) in [6, 6.07) is 7.47. The van der Waals surface area contributed by atoms with E-state index in [0.717, 1.165) is 29.7 Å². The number of hydrogen-bond donors (Lipinski definition) is 1. The minimum Gasteiger partial charge on any atom is -0.369 e. The summed E-state index contributed by atoms with van der Waals surface area (Å²) in [6.45, 7) is 2.92. The van der Waals surface area contributed by atoms with Crippen molar-refractivity contribution < 1.29 is 4.52 Å². The Morgan fingerprint density at radius 3 is 3.00 bits per heavy atom. The zero-order valence-electron chi connectivity index (χ0n) is 10.9. The fourth-order valence-corrected chi connectivity index (χ4v) is 2.19. The molecular weight excluding hydrogens is 276 g/mol. The topological polar surface area (TPSA) is 63.8 Å². The van der Waals surface area contributed by atoms with Crippen LogP contribution in [0.5, 0.6) is 0 Å². The number of halogens is 1. The number of benzene rings is 1. The first kappa shape index (κ1) is 12.9. The molecule has 20 heavy (non-hydrogen) atoms. The molecule has 3 rings (SSSR count). The Balaban J connectivity index is 2.16. The van der Waals surface area contributed by atoms with Crippen molar-refractivity contribution in [2.75, 3.05) is 11.9 Å². The minimum absolute atomic E-state index is 0.466. The standard InChI is InChI=1S/C14H13ClN4O/c1-2-6-16-13-11-12(9-4-3-5-10(15)7-9)19-20-14(11)18-8-17-13/h3-5,7-8H,2,6H2,1H3,(H,16,17,18). The molecule has 0 amide bonds. The van der Waals surface area contributed by atoms with Crippen LogP contribution < -0.4 is 5.32 Å². The number of anilines is 1. The molecule has 6 heteroatoms. The summed E-state index contributed by atoms with van der Waals surface area (Å²) in [7, 11) is 0. The second-order valence-electron chi connectivity index (χ2n) is 4.37. The lowest BCUT2D eigenvalue weighted by Crippen LogP contribution is -2.02. The summed E-state index contributed by atoms with van der Waals surface area (Å²) >= 11 is 6.03. The maximum absolute atomic E-state index is 6.03. The van der Waals surface area contributed by atoms with E-state index in [0.29, 0.717) is 16.4 Å². The van der Waals surface area contributed by atoms with Crippen molar-refractivity contribution in [1.82, 2.24) is 15.1 Å². The summed E-state index contributed by atoms with van der Waals surface area (Å²) in [5.74, 6) is 0.730. The molecule has 1 aromatic carbocycles. The molecular formula is C14H13ClN4O. The predicted octanol–water partition coefficient (Wildman–Crippen LogP) is 3.76. The SMILES string of the molecule is CCCNc1ncnc2onc(-c3cccc(Cl)c3)c12. The second-order valence-corrected chi connectivity index (χ2v) is 4.81. The Morgan fingerprint density at radius 1 is 1.30 bits per heavy atom. The van der Waals surface area contributed by atoms with Crippen LogP contribution >= 0.6 is 11.6 Å². The minimum atomic E-state index is 0.466. The summed E-state index contributed by atoms with van der Waals surface area (Å²) in [4.78, 5) is 8.38. The van der Waals surface area contributed by atoms with Gasteiger partial charge in [0.05, 0.1) is 0 Å². The lowest BCUT2D eigenvalue weighted by atomic mass is 10.1. The second kappa shape index (κ2) is 5.46.